The minimum Gasteiger partial charge on any atom is -0.355 e. The second kappa shape index (κ2) is 7.16. The maximum atomic E-state index is 13.0. The molecule has 0 N–H and O–H groups in total. The van der Waals surface area contributed by atoms with Crippen molar-refractivity contribution < 1.29 is 27.4 Å². The van der Waals surface area contributed by atoms with Crippen LogP contribution in [0.25, 0.3) is 0 Å². The number of nitrogens with zero attached hydrogens (tertiary/aromatic N) is 3. The molecule has 2 aromatic rings. The molecule has 140 valence electrons. The Morgan fingerprint density at radius 1 is 1.27 bits per heavy atom. The molecule has 0 saturated carbocycles. The van der Waals surface area contributed by atoms with E-state index in [2.05, 4.69) is 10.1 Å². The number of rotatable bonds is 5. The van der Waals surface area contributed by atoms with E-state index in [0.29, 0.717) is 5.56 Å². The molecule has 1 fully saturated rings. The fraction of sp³-hybridized carbons (Fsp3) is 0.471. The van der Waals surface area contributed by atoms with E-state index in [9.17, 15) is 18.0 Å². The maximum Gasteiger partial charge on any atom is 0.416 e. The van der Waals surface area contributed by atoms with Crippen LogP contribution in [-0.2, 0) is 27.0 Å². The molecular weight excluding hydrogens is 351 g/mol. The Morgan fingerprint density at radius 3 is 2.46 bits per heavy atom. The van der Waals surface area contributed by atoms with Gasteiger partial charge in [0.05, 0.1) is 24.7 Å². The van der Waals surface area contributed by atoms with Crippen molar-refractivity contribution >= 4 is 5.78 Å². The van der Waals surface area contributed by atoms with Crippen LogP contribution in [0.1, 0.15) is 24.0 Å². The standard InChI is InChI=1S/C17H18F3N3O3/c1-16(7-25-11-26-8-16)15(14(24)6-23-10-21-9-22-23)12-2-4-13(5-3-12)17(18,19)20/h2-5,9-10,15H,6-8,11H2,1H3. The molecule has 26 heavy (non-hydrogen) atoms. The van der Waals surface area contributed by atoms with Gasteiger partial charge in [-0.3, -0.25) is 4.79 Å². The van der Waals surface area contributed by atoms with E-state index in [1.165, 1.54) is 29.5 Å². The van der Waals surface area contributed by atoms with Crippen molar-refractivity contribution in [3.05, 3.63) is 48.0 Å². The minimum absolute atomic E-state index is 0.0404. The third-order valence-electron chi connectivity index (χ3n) is 4.40. The summed E-state index contributed by atoms with van der Waals surface area (Å²) >= 11 is 0. The number of halogens is 3. The van der Waals surface area contributed by atoms with Crippen LogP contribution < -0.4 is 0 Å². The van der Waals surface area contributed by atoms with Gasteiger partial charge in [-0.15, -0.1) is 0 Å². The summed E-state index contributed by atoms with van der Waals surface area (Å²) in [7, 11) is 0. The predicted molar refractivity (Wildman–Crippen MR) is 84.1 cm³/mol. The monoisotopic (exact) mass is 369 g/mol. The molecule has 3 rings (SSSR count). The number of carbonyl (C=O) groups excluding carboxylic acids is 1. The first-order valence-corrected chi connectivity index (χ1v) is 7.97. The first-order valence-electron chi connectivity index (χ1n) is 7.97. The highest BCUT2D eigenvalue weighted by Crippen LogP contribution is 2.40. The van der Waals surface area contributed by atoms with Gasteiger partial charge in [0.2, 0.25) is 0 Å². The van der Waals surface area contributed by atoms with Crippen LogP contribution in [0.3, 0.4) is 0 Å². The summed E-state index contributed by atoms with van der Waals surface area (Å²) in [5.74, 6) is -0.902. The fourth-order valence-electron chi connectivity index (χ4n) is 3.22. The van der Waals surface area contributed by atoms with Gasteiger partial charge in [-0.2, -0.15) is 18.3 Å². The van der Waals surface area contributed by atoms with Crippen LogP contribution in [0.4, 0.5) is 13.2 Å². The summed E-state index contributed by atoms with van der Waals surface area (Å²) in [4.78, 5) is 16.8. The van der Waals surface area contributed by atoms with Crippen LogP contribution in [0, 0.1) is 5.41 Å². The second-order valence-electron chi connectivity index (χ2n) is 6.58. The number of ether oxygens (including phenoxy) is 2. The lowest BCUT2D eigenvalue weighted by Crippen LogP contribution is -2.44. The van der Waals surface area contributed by atoms with E-state index in [1.807, 2.05) is 6.92 Å². The molecule has 9 heteroatoms. The highest BCUT2D eigenvalue weighted by molar-refractivity contribution is 5.86. The van der Waals surface area contributed by atoms with Crippen LogP contribution in [0.15, 0.2) is 36.9 Å². The van der Waals surface area contributed by atoms with Gasteiger partial charge in [0.15, 0.2) is 5.78 Å². The molecule has 1 aliphatic rings. The van der Waals surface area contributed by atoms with Crippen molar-refractivity contribution in [2.45, 2.75) is 25.6 Å². The lowest BCUT2D eigenvalue weighted by atomic mass is 9.71. The lowest BCUT2D eigenvalue weighted by Gasteiger charge is -2.39. The van der Waals surface area contributed by atoms with Gasteiger partial charge in [0.25, 0.3) is 0 Å². The summed E-state index contributed by atoms with van der Waals surface area (Å²) in [5.41, 5.74) is -0.972. The van der Waals surface area contributed by atoms with Crippen molar-refractivity contribution in [1.29, 1.82) is 0 Å². The number of hydrogen-bond donors (Lipinski definition) is 0. The molecule has 0 bridgehead atoms. The lowest BCUT2D eigenvalue weighted by molar-refractivity contribution is -0.170. The molecule has 6 nitrogen and oxygen atoms in total. The Morgan fingerprint density at radius 2 is 1.92 bits per heavy atom. The van der Waals surface area contributed by atoms with Crippen LogP contribution >= 0.6 is 0 Å². The number of aromatic nitrogens is 3. The largest absolute Gasteiger partial charge is 0.416 e. The van der Waals surface area contributed by atoms with E-state index in [-0.39, 0.29) is 32.3 Å². The topological polar surface area (TPSA) is 66.2 Å². The SMILES string of the molecule is CC1(C(C(=O)Cn2cncn2)c2ccc(C(F)(F)F)cc2)COCOC1. The Bertz CT molecular complexity index is 739. The third-order valence-corrected chi connectivity index (χ3v) is 4.40. The number of ketones is 1. The van der Waals surface area contributed by atoms with Crippen molar-refractivity contribution in [1.82, 2.24) is 14.8 Å². The minimum atomic E-state index is -4.43. The molecule has 1 aliphatic heterocycles. The van der Waals surface area contributed by atoms with Crippen molar-refractivity contribution in [2.75, 3.05) is 20.0 Å². The molecule has 1 saturated heterocycles. The van der Waals surface area contributed by atoms with E-state index in [4.69, 9.17) is 9.47 Å². The number of benzene rings is 1. The van der Waals surface area contributed by atoms with Crippen molar-refractivity contribution in [2.24, 2.45) is 5.41 Å². The second-order valence-corrected chi connectivity index (χ2v) is 6.58. The fourth-order valence-corrected chi connectivity index (χ4v) is 3.22. The van der Waals surface area contributed by atoms with E-state index in [0.717, 1.165) is 12.1 Å². The van der Waals surface area contributed by atoms with Gasteiger partial charge in [-0.25, -0.2) is 9.67 Å². The molecule has 0 radical (unpaired) electrons. The molecule has 1 aromatic heterocycles. The van der Waals surface area contributed by atoms with Gasteiger partial charge >= 0.3 is 6.18 Å². The average molecular weight is 369 g/mol. The molecule has 1 aromatic carbocycles. The summed E-state index contributed by atoms with van der Waals surface area (Å²) in [6, 6.07) is 4.65. The van der Waals surface area contributed by atoms with Gasteiger partial charge < -0.3 is 9.47 Å². The first kappa shape index (κ1) is 18.5. The van der Waals surface area contributed by atoms with Crippen LogP contribution in [-0.4, -0.2) is 40.6 Å². The van der Waals surface area contributed by atoms with Gasteiger partial charge in [-0.05, 0) is 17.7 Å². The zero-order chi connectivity index (χ0) is 18.8. The van der Waals surface area contributed by atoms with Gasteiger partial charge in [0, 0.05) is 5.41 Å². The van der Waals surface area contributed by atoms with Gasteiger partial charge in [-0.1, -0.05) is 19.1 Å². The Kier molecular flexibility index (Phi) is 5.10. The van der Waals surface area contributed by atoms with Crippen LogP contribution in [0.2, 0.25) is 0 Å². The molecule has 1 unspecified atom stereocenters. The molecule has 0 amide bonds. The molecule has 2 heterocycles. The molecular formula is C17H18F3N3O3. The predicted octanol–water partition coefficient (Wildman–Crippen LogP) is 2.66. The quantitative estimate of drug-likeness (QED) is 0.811. The molecule has 0 aliphatic carbocycles. The molecule has 0 spiro atoms. The summed E-state index contributed by atoms with van der Waals surface area (Å²) in [5, 5.41) is 3.92. The number of Topliss-reactive ketones (excluding diaryl/α,β-unsaturated/α-hetero) is 1. The summed E-state index contributed by atoms with van der Waals surface area (Å²) in [6.07, 6.45) is -1.70. The summed E-state index contributed by atoms with van der Waals surface area (Å²) < 4.78 is 50.6. The normalized spacial score (nSPS) is 18.5. The number of carbonyl (C=O) groups is 1. The first-order chi connectivity index (χ1) is 12.3. The Labute approximate surface area is 147 Å². The molecule has 1 atom stereocenters. The third kappa shape index (κ3) is 3.94. The zero-order valence-corrected chi connectivity index (χ0v) is 14.1. The van der Waals surface area contributed by atoms with E-state index < -0.39 is 23.1 Å². The van der Waals surface area contributed by atoms with Crippen molar-refractivity contribution in [3.63, 3.8) is 0 Å². The Balaban J connectivity index is 1.93. The van der Waals surface area contributed by atoms with E-state index >= 15 is 0 Å². The smallest absolute Gasteiger partial charge is 0.355 e. The van der Waals surface area contributed by atoms with Gasteiger partial charge in [0.1, 0.15) is 26.0 Å². The maximum absolute atomic E-state index is 13.0. The zero-order valence-electron chi connectivity index (χ0n) is 14.1. The number of hydrogen-bond acceptors (Lipinski definition) is 5. The van der Waals surface area contributed by atoms with Crippen LogP contribution in [0.5, 0.6) is 0 Å². The highest BCUT2D eigenvalue weighted by atomic mass is 19.4. The van der Waals surface area contributed by atoms with E-state index in [1.54, 1.807) is 0 Å². The van der Waals surface area contributed by atoms with Crippen molar-refractivity contribution in [3.8, 4) is 0 Å². The average Bonchev–Trinajstić information content (AvgIpc) is 3.08. The number of alkyl halides is 3. The highest BCUT2D eigenvalue weighted by Gasteiger charge is 2.42. The Hall–Kier alpha value is -2.26. The summed E-state index contributed by atoms with van der Waals surface area (Å²) in [6.45, 7) is 2.45.